The van der Waals surface area contributed by atoms with Crippen LogP contribution in [0, 0.1) is 28.9 Å². The fourth-order valence-electron chi connectivity index (χ4n) is 3.33. The van der Waals surface area contributed by atoms with Crippen molar-refractivity contribution in [2.24, 2.45) is 11.8 Å². The van der Waals surface area contributed by atoms with E-state index in [0.29, 0.717) is 44.1 Å². The molecule has 1 heterocycles. The van der Waals surface area contributed by atoms with Crippen LogP contribution in [0.15, 0.2) is 23.1 Å². The molecule has 0 atom stereocenters. The molecular formula is C20H31N3O6S. The van der Waals surface area contributed by atoms with Crippen LogP contribution in [-0.4, -0.2) is 56.4 Å². The average Bonchev–Trinajstić information content (AvgIpc) is 2.70. The molecule has 0 unspecified atom stereocenters. The van der Waals surface area contributed by atoms with Crippen molar-refractivity contribution in [3.05, 3.63) is 33.9 Å². The summed E-state index contributed by atoms with van der Waals surface area (Å²) in [6.45, 7) is 8.01. The molecule has 2 rings (SSSR count). The Balaban J connectivity index is 1.87. The lowest BCUT2D eigenvalue weighted by Crippen LogP contribution is -2.43. The molecule has 0 saturated carbocycles. The number of carbonyl (C=O) groups excluding carboxylic acids is 1. The maximum atomic E-state index is 13.0. The average molecular weight is 442 g/mol. The lowest BCUT2D eigenvalue weighted by Gasteiger charge is -2.30. The van der Waals surface area contributed by atoms with Crippen molar-refractivity contribution < 1.29 is 22.9 Å². The third-order valence-electron chi connectivity index (χ3n) is 5.04. The number of benzene rings is 1. The second-order valence-electron chi connectivity index (χ2n) is 8.00. The molecule has 0 radical (unpaired) electrons. The van der Waals surface area contributed by atoms with Crippen LogP contribution < -0.4 is 5.32 Å². The first-order valence-electron chi connectivity index (χ1n) is 10.2. The summed E-state index contributed by atoms with van der Waals surface area (Å²) in [5, 5.41) is 13.9. The first kappa shape index (κ1) is 24.2. The lowest BCUT2D eigenvalue weighted by atomic mass is 9.97. The Morgan fingerprint density at radius 3 is 2.60 bits per heavy atom. The van der Waals surface area contributed by atoms with E-state index in [0.717, 1.165) is 12.5 Å². The van der Waals surface area contributed by atoms with E-state index in [1.54, 1.807) is 6.92 Å². The molecule has 0 aliphatic carbocycles. The lowest BCUT2D eigenvalue weighted by molar-refractivity contribution is -0.385. The summed E-state index contributed by atoms with van der Waals surface area (Å²) in [4.78, 5) is 22.7. The number of aryl methyl sites for hydroxylation is 1. The highest BCUT2D eigenvalue weighted by molar-refractivity contribution is 7.89. The number of piperidine rings is 1. The van der Waals surface area contributed by atoms with Crippen molar-refractivity contribution in [1.29, 1.82) is 0 Å². The van der Waals surface area contributed by atoms with Gasteiger partial charge in [-0.15, -0.1) is 0 Å². The van der Waals surface area contributed by atoms with Crippen LogP contribution in [0.4, 0.5) is 5.69 Å². The van der Waals surface area contributed by atoms with Gasteiger partial charge in [0.25, 0.3) is 5.69 Å². The molecule has 1 aliphatic rings. The number of ether oxygens (including phenoxy) is 1. The van der Waals surface area contributed by atoms with E-state index in [4.69, 9.17) is 4.74 Å². The summed E-state index contributed by atoms with van der Waals surface area (Å²) in [5.41, 5.74) is 0.200. The number of hydrogen-bond donors (Lipinski definition) is 1. The Bertz CT molecular complexity index is 848. The van der Waals surface area contributed by atoms with Crippen molar-refractivity contribution in [2.45, 2.75) is 44.9 Å². The van der Waals surface area contributed by atoms with Gasteiger partial charge >= 0.3 is 0 Å². The van der Waals surface area contributed by atoms with E-state index in [9.17, 15) is 23.3 Å². The van der Waals surface area contributed by atoms with Crippen LogP contribution in [0.1, 0.15) is 38.7 Å². The first-order valence-corrected chi connectivity index (χ1v) is 11.7. The number of nitrogens with zero attached hydrogens (tertiary/aromatic N) is 2. The Labute approximate surface area is 178 Å². The molecule has 1 aromatic rings. The minimum atomic E-state index is -3.85. The summed E-state index contributed by atoms with van der Waals surface area (Å²) in [6, 6.07) is 3.83. The summed E-state index contributed by atoms with van der Waals surface area (Å²) in [7, 11) is -3.85. The topological polar surface area (TPSA) is 119 Å². The van der Waals surface area contributed by atoms with Gasteiger partial charge in [-0.3, -0.25) is 14.9 Å². The van der Waals surface area contributed by atoms with E-state index >= 15 is 0 Å². The minimum Gasteiger partial charge on any atom is -0.381 e. The Morgan fingerprint density at radius 2 is 2.00 bits per heavy atom. The molecule has 1 amide bonds. The van der Waals surface area contributed by atoms with Crippen molar-refractivity contribution >= 4 is 21.6 Å². The number of non-ortho nitro benzene ring substituents is 1. The first-order chi connectivity index (χ1) is 14.1. The molecule has 0 spiro atoms. The maximum Gasteiger partial charge on any atom is 0.270 e. The molecule has 1 N–H and O–H groups in total. The third kappa shape index (κ3) is 6.48. The number of nitrogens with one attached hydrogen (secondary N) is 1. The van der Waals surface area contributed by atoms with Crippen LogP contribution in [0.25, 0.3) is 0 Å². The van der Waals surface area contributed by atoms with Gasteiger partial charge in [-0.2, -0.15) is 4.31 Å². The molecule has 30 heavy (non-hydrogen) atoms. The number of nitro groups is 1. The number of rotatable bonds is 10. The van der Waals surface area contributed by atoms with Crippen molar-refractivity contribution in [1.82, 2.24) is 9.62 Å². The van der Waals surface area contributed by atoms with Crippen molar-refractivity contribution in [3.8, 4) is 0 Å². The summed E-state index contributed by atoms with van der Waals surface area (Å²) in [5.74, 6) is 0.175. The van der Waals surface area contributed by atoms with Crippen molar-refractivity contribution in [3.63, 3.8) is 0 Å². The highest BCUT2D eigenvalue weighted by Gasteiger charge is 2.33. The second kappa shape index (κ2) is 10.8. The molecule has 1 saturated heterocycles. The van der Waals surface area contributed by atoms with Crippen LogP contribution in [0.3, 0.4) is 0 Å². The van der Waals surface area contributed by atoms with Crippen LogP contribution >= 0.6 is 0 Å². The fourth-order valence-corrected chi connectivity index (χ4v) is 5.04. The Morgan fingerprint density at radius 1 is 1.33 bits per heavy atom. The fraction of sp³-hybridized carbons (Fsp3) is 0.650. The zero-order valence-corrected chi connectivity index (χ0v) is 18.6. The molecule has 0 bridgehead atoms. The standard InChI is InChI=1S/C20H31N3O6S/c1-15(2)14-29-12-4-9-21-20(24)17-7-10-22(11-8-17)30(27,28)19-13-18(23(25)26)6-5-16(19)3/h5-6,13,15,17H,4,7-12,14H2,1-3H3,(H,21,24). The van der Waals surface area contributed by atoms with E-state index in [2.05, 4.69) is 19.2 Å². The third-order valence-corrected chi connectivity index (χ3v) is 7.08. The summed E-state index contributed by atoms with van der Waals surface area (Å²) in [6.07, 6.45) is 1.57. The molecule has 1 fully saturated rings. The van der Waals surface area contributed by atoms with Crippen LogP contribution in [0.5, 0.6) is 0 Å². The highest BCUT2D eigenvalue weighted by Crippen LogP contribution is 2.28. The van der Waals surface area contributed by atoms with Gasteiger partial charge in [-0.1, -0.05) is 19.9 Å². The molecular weight excluding hydrogens is 410 g/mol. The molecule has 0 aromatic heterocycles. The number of hydrogen-bond acceptors (Lipinski definition) is 6. The van der Waals surface area contributed by atoms with Gasteiger partial charge in [0.15, 0.2) is 0 Å². The molecule has 9 nitrogen and oxygen atoms in total. The van der Waals surface area contributed by atoms with Gasteiger partial charge in [-0.25, -0.2) is 8.42 Å². The number of nitro benzene ring substituents is 1. The van der Waals surface area contributed by atoms with E-state index in [1.807, 2.05) is 0 Å². The van der Waals surface area contributed by atoms with Gasteiger partial charge in [-0.05, 0) is 37.7 Å². The zero-order chi connectivity index (χ0) is 22.3. The summed E-state index contributed by atoms with van der Waals surface area (Å²) < 4.78 is 32.7. The van der Waals surface area contributed by atoms with E-state index in [-0.39, 0.29) is 35.5 Å². The molecule has 1 aromatic carbocycles. The molecule has 10 heteroatoms. The molecule has 168 valence electrons. The predicted octanol–water partition coefficient (Wildman–Crippen LogP) is 2.48. The normalized spacial score (nSPS) is 16.0. The second-order valence-corrected chi connectivity index (χ2v) is 9.90. The van der Waals surface area contributed by atoms with E-state index in [1.165, 1.54) is 16.4 Å². The number of amides is 1. The van der Waals surface area contributed by atoms with Crippen LogP contribution in [-0.2, 0) is 19.6 Å². The number of sulfonamides is 1. The van der Waals surface area contributed by atoms with Crippen molar-refractivity contribution in [2.75, 3.05) is 32.8 Å². The van der Waals surface area contributed by atoms with Gasteiger partial charge in [0.05, 0.1) is 9.82 Å². The smallest absolute Gasteiger partial charge is 0.270 e. The number of carbonyl (C=O) groups is 1. The SMILES string of the molecule is Cc1ccc([N+](=O)[O-])cc1S(=O)(=O)N1CCC(C(=O)NCCCOCC(C)C)CC1. The van der Waals surface area contributed by atoms with Gasteiger partial charge in [0.2, 0.25) is 15.9 Å². The quantitative estimate of drug-likeness (QED) is 0.338. The van der Waals surface area contributed by atoms with Crippen LogP contribution in [0.2, 0.25) is 0 Å². The largest absolute Gasteiger partial charge is 0.381 e. The Hall–Kier alpha value is -2.04. The van der Waals surface area contributed by atoms with Gasteiger partial charge < -0.3 is 10.1 Å². The van der Waals surface area contributed by atoms with Gasteiger partial charge in [0, 0.05) is 50.9 Å². The zero-order valence-electron chi connectivity index (χ0n) is 17.8. The Kier molecular flexibility index (Phi) is 8.75. The molecule has 1 aliphatic heterocycles. The van der Waals surface area contributed by atoms with E-state index < -0.39 is 14.9 Å². The van der Waals surface area contributed by atoms with Gasteiger partial charge in [0.1, 0.15) is 0 Å². The monoisotopic (exact) mass is 441 g/mol. The minimum absolute atomic E-state index is 0.0546. The highest BCUT2D eigenvalue weighted by atomic mass is 32.2. The summed E-state index contributed by atoms with van der Waals surface area (Å²) >= 11 is 0. The predicted molar refractivity (Wildman–Crippen MR) is 113 cm³/mol. The maximum absolute atomic E-state index is 13.0.